The molecule has 0 spiro atoms. The maximum absolute atomic E-state index is 10.1. The van der Waals surface area contributed by atoms with Crippen LogP contribution >= 0.6 is 11.6 Å². The Balaban J connectivity index is 1.56. The molecule has 1 saturated heterocycles. The summed E-state index contributed by atoms with van der Waals surface area (Å²) in [5, 5.41) is 24.2. The fourth-order valence-electron chi connectivity index (χ4n) is 2.62. The average Bonchev–Trinajstić information content (AvgIpc) is 3.07. The number of nitrogens with zero attached hydrogens (tertiary/aromatic N) is 2. The van der Waals surface area contributed by atoms with Crippen LogP contribution in [0.5, 0.6) is 0 Å². The number of nitrogen functional groups attached to an aromatic ring is 1. The van der Waals surface area contributed by atoms with E-state index in [0.29, 0.717) is 23.9 Å². The van der Waals surface area contributed by atoms with Crippen molar-refractivity contribution in [3.05, 3.63) is 47.4 Å². The van der Waals surface area contributed by atoms with Crippen LogP contribution in [0.15, 0.2) is 36.8 Å². The zero-order chi connectivity index (χ0) is 16.4. The molecule has 0 bridgehead atoms. The number of aliphatic hydroxyl groups is 2. The lowest BCUT2D eigenvalue weighted by atomic mass is 10.1. The number of rotatable bonds is 5. The van der Waals surface area contributed by atoms with Crippen molar-refractivity contribution in [2.75, 3.05) is 12.3 Å². The molecule has 1 aliphatic heterocycles. The number of benzene rings is 1. The molecule has 7 nitrogen and oxygen atoms in total. The molecular formula is C15H19ClN4O3. The second kappa shape index (κ2) is 6.86. The van der Waals surface area contributed by atoms with Crippen molar-refractivity contribution in [1.29, 1.82) is 0 Å². The van der Waals surface area contributed by atoms with Crippen molar-refractivity contribution in [2.45, 2.75) is 31.1 Å². The second-order valence-corrected chi connectivity index (χ2v) is 5.97. The van der Waals surface area contributed by atoms with Gasteiger partial charge in [-0.05, 0) is 17.7 Å². The largest absolute Gasteiger partial charge is 0.387 e. The van der Waals surface area contributed by atoms with E-state index >= 15 is 0 Å². The van der Waals surface area contributed by atoms with E-state index in [9.17, 15) is 10.2 Å². The molecular weight excluding hydrogens is 320 g/mol. The number of halogens is 1. The lowest BCUT2D eigenvalue weighted by Crippen LogP contribution is -2.37. The van der Waals surface area contributed by atoms with Crippen LogP contribution in [0.2, 0.25) is 5.02 Å². The molecule has 1 aliphatic rings. The molecule has 3 rings (SSSR count). The third kappa shape index (κ3) is 3.49. The molecule has 0 saturated carbocycles. The van der Waals surface area contributed by atoms with Crippen LogP contribution in [-0.2, 0) is 11.3 Å². The fourth-order valence-corrected chi connectivity index (χ4v) is 2.74. The van der Waals surface area contributed by atoms with Gasteiger partial charge in [-0.3, -0.25) is 4.57 Å². The van der Waals surface area contributed by atoms with Gasteiger partial charge in [0.1, 0.15) is 24.1 Å². The lowest BCUT2D eigenvalue weighted by Gasteiger charge is -2.17. The number of hydrogen-bond acceptors (Lipinski definition) is 6. The molecule has 8 heteroatoms. The standard InChI is InChI=1S/C15H19ClN4O3/c16-10-3-1-9(2-4-10)5-18-6-11-13(21)14(22)15(23-11)20-8-19-7-12(20)17/h1-4,7-8,11,13-15,18,21-22H,5-6,17H2/t11-,13-,14-,15-/m1/s1. The lowest BCUT2D eigenvalue weighted by molar-refractivity contribution is -0.0351. The summed E-state index contributed by atoms with van der Waals surface area (Å²) >= 11 is 5.84. The van der Waals surface area contributed by atoms with Gasteiger partial charge in [0.05, 0.1) is 12.5 Å². The maximum atomic E-state index is 10.1. The Morgan fingerprint density at radius 1 is 1.26 bits per heavy atom. The number of ether oxygens (including phenoxy) is 1. The summed E-state index contributed by atoms with van der Waals surface area (Å²) in [5.74, 6) is 0.371. The van der Waals surface area contributed by atoms with E-state index in [2.05, 4.69) is 10.3 Å². The summed E-state index contributed by atoms with van der Waals surface area (Å²) in [6.45, 7) is 1.00. The SMILES string of the molecule is Nc1cncn1[C@@H]1O[C@H](CNCc2ccc(Cl)cc2)[C@@H](O)[C@H]1O. The number of aromatic nitrogens is 2. The Kier molecular flexibility index (Phi) is 4.84. The summed E-state index contributed by atoms with van der Waals surface area (Å²) in [6, 6.07) is 7.48. The molecule has 4 atom stereocenters. The minimum atomic E-state index is -1.06. The quantitative estimate of drug-likeness (QED) is 0.633. The van der Waals surface area contributed by atoms with E-state index in [4.69, 9.17) is 22.1 Å². The van der Waals surface area contributed by atoms with Crippen molar-refractivity contribution in [2.24, 2.45) is 0 Å². The van der Waals surface area contributed by atoms with E-state index < -0.39 is 24.5 Å². The first-order valence-corrected chi connectivity index (χ1v) is 7.68. The number of anilines is 1. The minimum absolute atomic E-state index is 0.371. The first-order chi connectivity index (χ1) is 11.1. The molecule has 23 heavy (non-hydrogen) atoms. The Morgan fingerprint density at radius 2 is 2.00 bits per heavy atom. The highest BCUT2D eigenvalue weighted by Gasteiger charge is 2.43. The monoisotopic (exact) mass is 338 g/mol. The van der Waals surface area contributed by atoms with Crippen LogP contribution in [0.25, 0.3) is 0 Å². The molecule has 1 aromatic carbocycles. The highest BCUT2D eigenvalue weighted by molar-refractivity contribution is 6.30. The fraction of sp³-hybridized carbons (Fsp3) is 0.400. The van der Waals surface area contributed by atoms with Crippen molar-refractivity contribution in [1.82, 2.24) is 14.9 Å². The van der Waals surface area contributed by atoms with Crippen LogP contribution in [0.4, 0.5) is 5.82 Å². The van der Waals surface area contributed by atoms with Gasteiger partial charge in [-0.25, -0.2) is 4.98 Å². The Morgan fingerprint density at radius 3 is 2.65 bits per heavy atom. The first-order valence-electron chi connectivity index (χ1n) is 7.30. The number of hydrogen-bond donors (Lipinski definition) is 4. The van der Waals surface area contributed by atoms with Crippen molar-refractivity contribution < 1.29 is 14.9 Å². The summed E-state index contributed by atoms with van der Waals surface area (Å²) < 4.78 is 7.23. The van der Waals surface area contributed by atoms with Crippen LogP contribution in [0, 0.1) is 0 Å². The predicted octanol–water partition coefficient (Wildman–Crippen LogP) is 0.528. The molecule has 0 aliphatic carbocycles. The van der Waals surface area contributed by atoms with Gasteiger partial charge >= 0.3 is 0 Å². The summed E-state index contributed by atoms with van der Waals surface area (Å²) in [6.07, 6.45) is -0.402. The number of nitrogens with two attached hydrogens (primary N) is 1. The summed E-state index contributed by atoms with van der Waals surface area (Å²) in [7, 11) is 0. The molecule has 0 amide bonds. The topological polar surface area (TPSA) is 106 Å². The van der Waals surface area contributed by atoms with Gasteiger partial charge in [-0.1, -0.05) is 23.7 Å². The van der Waals surface area contributed by atoms with Crippen LogP contribution in [0.1, 0.15) is 11.8 Å². The zero-order valence-electron chi connectivity index (χ0n) is 12.3. The molecule has 0 radical (unpaired) electrons. The van der Waals surface area contributed by atoms with Gasteiger partial charge in [0, 0.05) is 18.1 Å². The molecule has 0 unspecified atom stereocenters. The highest BCUT2D eigenvalue weighted by Crippen LogP contribution is 2.30. The van der Waals surface area contributed by atoms with Gasteiger partial charge in [-0.15, -0.1) is 0 Å². The molecule has 1 aromatic heterocycles. The second-order valence-electron chi connectivity index (χ2n) is 5.53. The van der Waals surface area contributed by atoms with Crippen LogP contribution in [-0.4, -0.2) is 44.6 Å². The molecule has 2 heterocycles. The summed E-state index contributed by atoms with van der Waals surface area (Å²) in [5.41, 5.74) is 6.83. The molecule has 5 N–H and O–H groups in total. The molecule has 2 aromatic rings. The molecule has 1 fully saturated rings. The van der Waals surface area contributed by atoms with Gasteiger partial charge in [0.25, 0.3) is 0 Å². The van der Waals surface area contributed by atoms with E-state index in [1.165, 1.54) is 17.1 Å². The Bertz CT molecular complexity index is 648. The van der Waals surface area contributed by atoms with Crippen molar-refractivity contribution in [3.8, 4) is 0 Å². The third-order valence-corrected chi connectivity index (χ3v) is 4.15. The maximum Gasteiger partial charge on any atom is 0.165 e. The first kappa shape index (κ1) is 16.2. The highest BCUT2D eigenvalue weighted by atomic mass is 35.5. The third-order valence-electron chi connectivity index (χ3n) is 3.90. The van der Waals surface area contributed by atoms with Crippen LogP contribution in [0.3, 0.4) is 0 Å². The number of imidazole rings is 1. The number of nitrogens with one attached hydrogen (secondary N) is 1. The van der Waals surface area contributed by atoms with E-state index in [-0.39, 0.29) is 0 Å². The van der Waals surface area contributed by atoms with Crippen LogP contribution < -0.4 is 11.1 Å². The Labute approximate surface area is 138 Å². The van der Waals surface area contributed by atoms with Gasteiger partial charge in [-0.2, -0.15) is 0 Å². The zero-order valence-corrected chi connectivity index (χ0v) is 13.1. The van der Waals surface area contributed by atoms with Gasteiger partial charge in [0.15, 0.2) is 6.23 Å². The number of aliphatic hydroxyl groups excluding tert-OH is 2. The van der Waals surface area contributed by atoms with Gasteiger partial charge < -0.3 is 26.0 Å². The Hall–Kier alpha value is -1.64. The summed E-state index contributed by atoms with van der Waals surface area (Å²) in [4.78, 5) is 3.90. The minimum Gasteiger partial charge on any atom is -0.387 e. The van der Waals surface area contributed by atoms with Crippen molar-refractivity contribution in [3.63, 3.8) is 0 Å². The van der Waals surface area contributed by atoms with Crippen molar-refractivity contribution >= 4 is 17.4 Å². The normalized spacial score (nSPS) is 27.4. The predicted molar refractivity (Wildman–Crippen MR) is 85.7 cm³/mol. The average molecular weight is 339 g/mol. The van der Waals surface area contributed by atoms with E-state index in [0.717, 1.165) is 5.56 Å². The van der Waals surface area contributed by atoms with Gasteiger partial charge in [0.2, 0.25) is 0 Å². The van der Waals surface area contributed by atoms with E-state index in [1.807, 2.05) is 24.3 Å². The smallest absolute Gasteiger partial charge is 0.165 e. The molecule has 124 valence electrons. The van der Waals surface area contributed by atoms with E-state index in [1.54, 1.807) is 0 Å².